The molecule has 0 fully saturated rings. The van der Waals surface area contributed by atoms with Gasteiger partial charge in [-0.3, -0.25) is 14.4 Å². The van der Waals surface area contributed by atoms with Crippen molar-refractivity contribution >= 4 is 46.9 Å². The third kappa shape index (κ3) is 7.81. The summed E-state index contributed by atoms with van der Waals surface area (Å²) in [4.78, 5) is 40.1. The van der Waals surface area contributed by atoms with E-state index in [1.54, 1.807) is 66.7 Å². The van der Waals surface area contributed by atoms with Crippen molar-refractivity contribution in [1.82, 2.24) is 5.32 Å². The van der Waals surface area contributed by atoms with E-state index >= 15 is 0 Å². The highest BCUT2D eigenvalue weighted by Crippen LogP contribution is 2.35. The minimum Gasteiger partial charge on any atom is -0.454 e. The molecular formula is C33H28FN3O5S. The Balaban J connectivity index is 1.29. The first kappa shape index (κ1) is 29.4. The number of thioether (sulfide) groups is 1. The summed E-state index contributed by atoms with van der Waals surface area (Å²) in [6, 6.07) is 26.4. The molecule has 0 spiro atoms. The molecule has 3 amide bonds. The highest BCUT2D eigenvalue weighted by atomic mass is 32.2. The normalized spacial score (nSPS) is 12.7. The molecule has 1 aliphatic rings. The van der Waals surface area contributed by atoms with Crippen molar-refractivity contribution < 1.29 is 28.2 Å². The molecule has 10 heteroatoms. The number of ether oxygens (including phenoxy) is 2. The maximum atomic E-state index is 13.5. The number of amides is 3. The quantitative estimate of drug-likeness (QED) is 0.143. The lowest BCUT2D eigenvalue weighted by Gasteiger charge is -2.16. The molecule has 0 saturated heterocycles. The highest BCUT2D eigenvalue weighted by molar-refractivity contribution is 8.00. The molecule has 0 aromatic heterocycles. The smallest absolute Gasteiger partial charge is 0.272 e. The van der Waals surface area contributed by atoms with Crippen LogP contribution in [0.3, 0.4) is 0 Å². The largest absolute Gasteiger partial charge is 0.454 e. The van der Waals surface area contributed by atoms with Crippen molar-refractivity contribution in [1.29, 1.82) is 0 Å². The number of carbonyl (C=O) groups is 3. The molecular weight excluding hydrogens is 569 g/mol. The first-order valence-corrected chi connectivity index (χ1v) is 14.4. The van der Waals surface area contributed by atoms with Crippen LogP contribution in [-0.4, -0.2) is 29.8 Å². The number of hydrogen-bond donors (Lipinski definition) is 3. The third-order valence-electron chi connectivity index (χ3n) is 6.38. The average Bonchev–Trinajstić information content (AvgIpc) is 3.49. The van der Waals surface area contributed by atoms with E-state index in [4.69, 9.17) is 9.47 Å². The van der Waals surface area contributed by atoms with Crippen LogP contribution in [0.15, 0.2) is 108 Å². The summed E-state index contributed by atoms with van der Waals surface area (Å²) in [7, 11) is 0. The minimum atomic E-state index is -0.566. The van der Waals surface area contributed by atoms with Crippen LogP contribution < -0.4 is 25.4 Å². The first-order valence-electron chi connectivity index (χ1n) is 13.5. The Morgan fingerprint density at radius 2 is 1.60 bits per heavy atom. The Labute approximate surface area is 252 Å². The second kappa shape index (κ2) is 13.7. The third-order valence-corrected chi connectivity index (χ3v) is 7.74. The summed E-state index contributed by atoms with van der Waals surface area (Å²) in [6.45, 7) is 2.07. The molecule has 43 heavy (non-hydrogen) atoms. The lowest BCUT2D eigenvalue weighted by atomic mass is 10.1. The Morgan fingerprint density at radius 1 is 0.860 bits per heavy atom. The topological polar surface area (TPSA) is 106 Å². The number of halogens is 1. The van der Waals surface area contributed by atoms with Gasteiger partial charge < -0.3 is 25.4 Å². The summed E-state index contributed by atoms with van der Waals surface area (Å²) < 4.78 is 24.2. The van der Waals surface area contributed by atoms with Crippen molar-refractivity contribution in [3.8, 4) is 11.5 Å². The standard InChI is InChI=1S/C33H28FN3O5S/c1-2-30(33(40)36-25-15-16-28-29(19-25)42-20-41-28)43-26-10-6-9-24(18-26)35-32(39)27(17-21-11-13-23(34)14-12-21)37-31(38)22-7-4-3-5-8-22/h3-19,30H,2,20H2,1H3,(H,35,39)(H,36,40)(H,37,38)/b27-17-. The summed E-state index contributed by atoms with van der Waals surface area (Å²) in [5, 5.41) is 8.01. The molecule has 0 bridgehead atoms. The van der Waals surface area contributed by atoms with E-state index in [1.165, 1.54) is 42.1 Å². The van der Waals surface area contributed by atoms with Crippen LogP contribution in [0, 0.1) is 5.82 Å². The molecule has 1 aliphatic heterocycles. The molecule has 8 nitrogen and oxygen atoms in total. The molecule has 3 N–H and O–H groups in total. The van der Waals surface area contributed by atoms with Crippen molar-refractivity contribution in [2.45, 2.75) is 23.5 Å². The monoisotopic (exact) mass is 597 g/mol. The predicted molar refractivity (Wildman–Crippen MR) is 164 cm³/mol. The van der Waals surface area contributed by atoms with Gasteiger partial charge in [-0.2, -0.15) is 0 Å². The SMILES string of the molecule is CCC(Sc1cccc(NC(=O)/C(=C/c2ccc(F)cc2)NC(=O)c2ccccc2)c1)C(=O)Nc1ccc2c(c1)OCO2. The number of fused-ring (bicyclic) bond motifs is 1. The zero-order chi connectivity index (χ0) is 30.2. The number of benzene rings is 4. The highest BCUT2D eigenvalue weighted by Gasteiger charge is 2.21. The minimum absolute atomic E-state index is 0.0203. The number of hydrogen-bond acceptors (Lipinski definition) is 6. The van der Waals surface area contributed by atoms with Crippen molar-refractivity contribution in [2.24, 2.45) is 0 Å². The summed E-state index contributed by atoms with van der Waals surface area (Å²) in [6.07, 6.45) is 2.04. The van der Waals surface area contributed by atoms with Crippen LogP contribution in [0.1, 0.15) is 29.3 Å². The van der Waals surface area contributed by atoms with Crippen molar-refractivity contribution in [3.63, 3.8) is 0 Å². The van der Waals surface area contributed by atoms with E-state index in [0.29, 0.717) is 40.4 Å². The molecule has 1 atom stereocenters. The van der Waals surface area contributed by atoms with Crippen LogP contribution in [0.25, 0.3) is 6.08 Å². The lowest BCUT2D eigenvalue weighted by Crippen LogP contribution is -2.30. The van der Waals surface area contributed by atoms with Gasteiger partial charge in [0.25, 0.3) is 11.8 Å². The molecule has 5 rings (SSSR count). The molecule has 4 aromatic rings. The molecule has 4 aromatic carbocycles. The second-order valence-corrected chi connectivity index (χ2v) is 10.8. The van der Waals surface area contributed by atoms with Crippen LogP contribution in [-0.2, 0) is 9.59 Å². The van der Waals surface area contributed by atoms with E-state index in [1.807, 2.05) is 13.0 Å². The molecule has 0 aliphatic carbocycles. The zero-order valence-electron chi connectivity index (χ0n) is 23.1. The van der Waals surface area contributed by atoms with Crippen LogP contribution in [0.5, 0.6) is 11.5 Å². The number of rotatable bonds is 10. The Morgan fingerprint density at radius 3 is 2.37 bits per heavy atom. The van der Waals surface area contributed by atoms with E-state index < -0.39 is 22.9 Å². The molecule has 0 radical (unpaired) electrons. The number of anilines is 2. The first-order chi connectivity index (χ1) is 20.9. The van der Waals surface area contributed by atoms with E-state index in [2.05, 4.69) is 16.0 Å². The fourth-order valence-corrected chi connectivity index (χ4v) is 5.21. The van der Waals surface area contributed by atoms with Gasteiger partial charge in [0, 0.05) is 27.9 Å². The van der Waals surface area contributed by atoms with Crippen LogP contribution in [0.4, 0.5) is 15.8 Å². The van der Waals surface area contributed by atoms with Gasteiger partial charge in [0.2, 0.25) is 12.7 Å². The summed E-state index contributed by atoms with van der Waals surface area (Å²) >= 11 is 1.36. The van der Waals surface area contributed by atoms with Crippen LogP contribution in [0.2, 0.25) is 0 Å². The van der Waals surface area contributed by atoms with E-state index in [9.17, 15) is 18.8 Å². The lowest BCUT2D eigenvalue weighted by molar-refractivity contribution is -0.116. The molecule has 0 saturated carbocycles. The van der Waals surface area contributed by atoms with Gasteiger partial charge in [0.15, 0.2) is 11.5 Å². The maximum Gasteiger partial charge on any atom is 0.272 e. The Hall–Kier alpha value is -5.09. The molecule has 218 valence electrons. The van der Waals surface area contributed by atoms with Crippen molar-refractivity contribution in [3.05, 3.63) is 120 Å². The Bertz CT molecular complexity index is 1660. The summed E-state index contributed by atoms with van der Waals surface area (Å²) in [5.74, 6) is -0.408. The average molecular weight is 598 g/mol. The fraction of sp³-hybridized carbons (Fsp3) is 0.121. The number of nitrogens with one attached hydrogen (secondary N) is 3. The van der Waals surface area contributed by atoms with Gasteiger partial charge in [-0.25, -0.2) is 4.39 Å². The molecule has 1 heterocycles. The van der Waals surface area contributed by atoms with Gasteiger partial charge in [-0.05, 0) is 72.7 Å². The number of carbonyl (C=O) groups excluding carboxylic acids is 3. The fourth-order valence-electron chi connectivity index (χ4n) is 4.20. The maximum absolute atomic E-state index is 13.5. The second-order valence-electron chi connectivity index (χ2n) is 9.48. The Kier molecular flexibility index (Phi) is 9.38. The molecule has 1 unspecified atom stereocenters. The van der Waals surface area contributed by atoms with Gasteiger partial charge >= 0.3 is 0 Å². The van der Waals surface area contributed by atoms with Gasteiger partial charge in [0.05, 0.1) is 5.25 Å². The summed E-state index contributed by atoms with van der Waals surface area (Å²) in [5.41, 5.74) is 1.97. The van der Waals surface area contributed by atoms with Crippen molar-refractivity contribution in [2.75, 3.05) is 17.4 Å². The predicted octanol–water partition coefficient (Wildman–Crippen LogP) is 6.47. The van der Waals surface area contributed by atoms with E-state index in [-0.39, 0.29) is 18.4 Å². The van der Waals surface area contributed by atoms with Gasteiger partial charge in [0.1, 0.15) is 11.5 Å². The van der Waals surface area contributed by atoms with Gasteiger partial charge in [-0.1, -0.05) is 43.3 Å². The van der Waals surface area contributed by atoms with Crippen LogP contribution >= 0.6 is 11.8 Å². The van der Waals surface area contributed by atoms with Gasteiger partial charge in [-0.15, -0.1) is 11.8 Å². The van der Waals surface area contributed by atoms with E-state index in [0.717, 1.165) is 4.90 Å². The zero-order valence-corrected chi connectivity index (χ0v) is 24.0.